The first kappa shape index (κ1) is 25.2. The summed E-state index contributed by atoms with van der Waals surface area (Å²) in [6.07, 6.45) is 0.453. The predicted molar refractivity (Wildman–Crippen MR) is 130 cm³/mol. The molecule has 178 valence electrons. The van der Waals surface area contributed by atoms with Gasteiger partial charge in [0.1, 0.15) is 12.3 Å². The maximum atomic E-state index is 12.9. The Labute approximate surface area is 203 Å². The Hall–Kier alpha value is -3.42. The molecule has 2 aromatic carbocycles. The molecule has 0 spiro atoms. The average Bonchev–Trinajstić information content (AvgIpc) is 3.18. The van der Waals surface area contributed by atoms with Crippen LogP contribution < -0.4 is 4.74 Å². The summed E-state index contributed by atoms with van der Waals surface area (Å²) in [5.74, 6) is -1.52. The Balaban J connectivity index is 1.75. The molecule has 0 aliphatic heterocycles. The number of ether oxygens (including phenoxy) is 1. The predicted octanol–water partition coefficient (Wildman–Crippen LogP) is 4.57. The average molecular weight is 483 g/mol. The second-order valence-electron chi connectivity index (χ2n) is 8.09. The fourth-order valence-corrected chi connectivity index (χ4v) is 3.91. The van der Waals surface area contributed by atoms with Gasteiger partial charge < -0.3 is 14.9 Å². The number of carboxylic acid groups (broad SMARTS) is 1. The standard InChI is InChI=1S/C26H27ClN2O5/c1-3-11-34-25-16-22(28-29(25)2)23(30)13-18(14-24(31)26(32)33)12-17-7-9-19(10-8-17)20-5-4-6-21(27)15-20/h3-10,15-16,18,24,31H,1,11-14H2,2H3,(H,32,33)/t18-,24+/m0/s1. The van der Waals surface area contributed by atoms with Crippen molar-refractivity contribution in [3.8, 4) is 17.0 Å². The van der Waals surface area contributed by atoms with E-state index in [0.29, 0.717) is 17.3 Å². The van der Waals surface area contributed by atoms with Gasteiger partial charge in [0, 0.05) is 24.6 Å². The largest absolute Gasteiger partial charge is 0.479 e. The quantitative estimate of drug-likeness (QED) is 0.289. The summed E-state index contributed by atoms with van der Waals surface area (Å²) in [5.41, 5.74) is 3.13. The number of carbonyl (C=O) groups is 2. The first-order chi connectivity index (χ1) is 16.3. The van der Waals surface area contributed by atoms with Gasteiger partial charge in [-0.1, -0.05) is 60.7 Å². The molecule has 7 nitrogen and oxygen atoms in total. The van der Waals surface area contributed by atoms with Crippen molar-refractivity contribution in [2.24, 2.45) is 13.0 Å². The van der Waals surface area contributed by atoms with Gasteiger partial charge in [-0.15, -0.1) is 0 Å². The lowest BCUT2D eigenvalue weighted by molar-refractivity contribution is -0.147. The molecule has 2 atom stereocenters. The van der Waals surface area contributed by atoms with Crippen molar-refractivity contribution < 1.29 is 24.5 Å². The maximum Gasteiger partial charge on any atom is 0.332 e. The SMILES string of the molecule is C=CCOc1cc(C(=O)C[C@H](Cc2ccc(-c3cccc(Cl)c3)cc2)C[C@@H](O)C(=O)O)nn1C. The van der Waals surface area contributed by atoms with Gasteiger partial charge in [-0.25, -0.2) is 9.48 Å². The van der Waals surface area contributed by atoms with Crippen LogP contribution in [0.3, 0.4) is 0 Å². The number of aromatic nitrogens is 2. The Kier molecular flexibility index (Phi) is 8.62. The van der Waals surface area contributed by atoms with Crippen LogP contribution in [0, 0.1) is 5.92 Å². The van der Waals surface area contributed by atoms with E-state index in [0.717, 1.165) is 16.7 Å². The number of rotatable bonds is 12. The van der Waals surface area contributed by atoms with E-state index in [1.807, 2.05) is 48.5 Å². The number of halogens is 1. The zero-order valence-electron chi connectivity index (χ0n) is 18.9. The maximum absolute atomic E-state index is 12.9. The molecule has 0 amide bonds. The zero-order valence-corrected chi connectivity index (χ0v) is 19.6. The Morgan fingerprint density at radius 1 is 1.18 bits per heavy atom. The highest BCUT2D eigenvalue weighted by atomic mass is 35.5. The molecule has 0 bridgehead atoms. The summed E-state index contributed by atoms with van der Waals surface area (Å²) >= 11 is 6.08. The van der Waals surface area contributed by atoms with Crippen LogP contribution in [0.5, 0.6) is 5.88 Å². The first-order valence-corrected chi connectivity index (χ1v) is 11.2. The molecule has 8 heteroatoms. The highest BCUT2D eigenvalue weighted by Crippen LogP contribution is 2.26. The van der Waals surface area contributed by atoms with E-state index in [4.69, 9.17) is 21.4 Å². The van der Waals surface area contributed by atoms with Gasteiger partial charge in [0.15, 0.2) is 11.9 Å². The molecule has 0 radical (unpaired) electrons. The molecule has 0 saturated heterocycles. The van der Waals surface area contributed by atoms with Gasteiger partial charge in [0.2, 0.25) is 5.88 Å². The highest BCUT2D eigenvalue weighted by Gasteiger charge is 2.25. The summed E-state index contributed by atoms with van der Waals surface area (Å²) in [6, 6.07) is 16.9. The van der Waals surface area contributed by atoms with Crippen LogP contribution in [0.25, 0.3) is 11.1 Å². The molecule has 3 rings (SSSR count). The fourth-order valence-electron chi connectivity index (χ4n) is 3.72. The van der Waals surface area contributed by atoms with E-state index < -0.39 is 18.0 Å². The van der Waals surface area contributed by atoms with Crippen LogP contribution in [0.2, 0.25) is 5.02 Å². The lowest BCUT2D eigenvalue weighted by atomic mass is 9.88. The summed E-state index contributed by atoms with van der Waals surface area (Å²) in [7, 11) is 1.67. The number of hydrogen-bond donors (Lipinski definition) is 2. The minimum Gasteiger partial charge on any atom is -0.479 e. The Morgan fingerprint density at radius 3 is 2.56 bits per heavy atom. The van der Waals surface area contributed by atoms with Crippen LogP contribution in [0.4, 0.5) is 0 Å². The van der Waals surface area contributed by atoms with Gasteiger partial charge in [0.05, 0.1) is 0 Å². The van der Waals surface area contributed by atoms with E-state index in [-0.39, 0.29) is 30.9 Å². The fraction of sp³-hybridized carbons (Fsp3) is 0.269. The molecule has 0 saturated carbocycles. The number of aryl methyl sites for hydroxylation is 1. The molecular formula is C26H27ClN2O5. The molecule has 1 heterocycles. The van der Waals surface area contributed by atoms with Crippen molar-refractivity contribution >= 4 is 23.4 Å². The number of aliphatic hydroxyl groups is 1. The van der Waals surface area contributed by atoms with E-state index in [1.165, 1.54) is 4.68 Å². The number of Topliss-reactive ketones (excluding diaryl/α,β-unsaturated/α-hetero) is 1. The minimum atomic E-state index is -1.56. The van der Waals surface area contributed by atoms with Crippen LogP contribution in [0.1, 0.15) is 28.9 Å². The number of nitrogens with zero attached hydrogens (tertiary/aromatic N) is 2. The van der Waals surface area contributed by atoms with Crippen LogP contribution >= 0.6 is 11.6 Å². The van der Waals surface area contributed by atoms with Crippen molar-refractivity contribution in [3.63, 3.8) is 0 Å². The Morgan fingerprint density at radius 2 is 1.91 bits per heavy atom. The third kappa shape index (κ3) is 6.79. The molecule has 0 aliphatic carbocycles. The van der Waals surface area contributed by atoms with E-state index in [9.17, 15) is 14.7 Å². The first-order valence-electron chi connectivity index (χ1n) is 10.8. The third-order valence-corrected chi connectivity index (χ3v) is 5.66. The van der Waals surface area contributed by atoms with Crippen LogP contribution in [-0.4, -0.2) is 44.5 Å². The van der Waals surface area contributed by atoms with Crippen molar-refractivity contribution in [2.45, 2.75) is 25.4 Å². The number of aliphatic hydroxyl groups excluding tert-OH is 1. The van der Waals surface area contributed by atoms with Crippen molar-refractivity contribution in [1.29, 1.82) is 0 Å². The smallest absolute Gasteiger partial charge is 0.332 e. The third-order valence-electron chi connectivity index (χ3n) is 5.42. The van der Waals surface area contributed by atoms with Gasteiger partial charge in [-0.05, 0) is 47.6 Å². The van der Waals surface area contributed by atoms with Crippen LogP contribution in [0.15, 0.2) is 67.3 Å². The summed E-state index contributed by atoms with van der Waals surface area (Å²) in [6.45, 7) is 3.88. The van der Waals surface area contributed by atoms with Crippen molar-refractivity contribution in [1.82, 2.24) is 9.78 Å². The molecule has 0 aliphatic rings. The lowest BCUT2D eigenvalue weighted by Gasteiger charge is -2.18. The van der Waals surface area contributed by atoms with E-state index in [1.54, 1.807) is 19.2 Å². The molecule has 0 unspecified atom stereocenters. The van der Waals surface area contributed by atoms with Gasteiger partial charge in [-0.2, -0.15) is 5.10 Å². The molecular weight excluding hydrogens is 456 g/mol. The number of ketones is 1. The molecule has 0 fully saturated rings. The normalized spacial score (nSPS) is 12.7. The number of aliphatic carboxylic acids is 1. The second kappa shape index (κ2) is 11.6. The topological polar surface area (TPSA) is 102 Å². The van der Waals surface area contributed by atoms with Gasteiger partial charge in [-0.3, -0.25) is 4.79 Å². The molecule has 3 aromatic rings. The van der Waals surface area contributed by atoms with Gasteiger partial charge >= 0.3 is 5.97 Å². The molecule has 34 heavy (non-hydrogen) atoms. The van der Waals surface area contributed by atoms with E-state index in [2.05, 4.69) is 11.7 Å². The monoisotopic (exact) mass is 482 g/mol. The van der Waals surface area contributed by atoms with E-state index >= 15 is 0 Å². The van der Waals surface area contributed by atoms with Crippen molar-refractivity contribution in [2.75, 3.05) is 6.61 Å². The van der Waals surface area contributed by atoms with Gasteiger partial charge in [0.25, 0.3) is 0 Å². The lowest BCUT2D eigenvalue weighted by Crippen LogP contribution is -2.25. The van der Waals surface area contributed by atoms with Crippen molar-refractivity contribution in [3.05, 3.63) is 83.5 Å². The summed E-state index contributed by atoms with van der Waals surface area (Å²) in [4.78, 5) is 24.1. The highest BCUT2D eigenvalue weighted by molar-refractivity contribution is 6.30. The number of hydrogen-bond acceptors (Lipinski definition) is 5. The minimum absolute atomic E-state index is 0.0400. The number of carbonyl (C=O) groups excluding carboxylic acids is 1. The zero-order chi connectivity index (χ0) is 24.7. The summed E-state index contributed by atoms with van der Waals surface area (Å²) < 4.78 is 6.94. The number of benzene rings is 2. The second-order valence-corrected chi connectivity index (χ2v) is 8.52. The van der Waals surface area contributed by atoms with Crippen LogP contribution in [-0.2, 0) is 18.3 Å². The molecule has 2 N–H and O–H groups in total. The molecule has 1 aromatic heterocycles. The summed E-state index contributed by atoms with van der Waals surface area (Å²) in [5, 5.41) is 24.0. The number of carboxylic acids is 1. The Bertz CT molecular complexity index is 1160.